The molecule has 6 nitrogen and oxygen atoms in total. The molecular weight excluding hydrogens is 414 g/mol. The molecule has 0 aliphatic carbocycles. The third-order valence-electron chi connectivity index (χ3n) is 7.07. The van der Waals surface area contributed by atoms with Crippen LogP contribution >= 0.6 is 0 Å². The molecule has 6 heteroatoms. The van der Waals surface area contributed by atoms with Crippen molar-refractivity contribution in [2.45, 2.75) is 66.0 Å². The van der Waals surface area contributed by atoms with E-state index in [1.165, 1.54) is 18.2 Å². The van der Waals surface area contributed by atoms with Crippen molar-refractivity contribution >= 4 is 11.7 Å². The lowest BCUT2D eigenvalue weighted by Crippen LogP contribution is -2.41. The zero-order chi connectivity index (χ0) is 23.3. The molecular formula is C27H31N3O3. The van der Waals surface area contributed by atoms with Gasteiger partial charge in [-0.2, -0.15) is 5.10 Å². The zero-order valence-corrected chi connectivity index (χ0v) is 20.0. The molecule has 2 aromatic carbocycles. The Morgan fingerprint density at radius 2 is 2.00 bits per heavy atom. The highest BCUT2D eigenvalue weighted by atomic mass is 16.5. The van der Waals surface area contributed by atoms with Crippen molar-refractivity contribution in [1.82, 2.24) is 9.78 Å². The van der Waals surface area contributed by atoms with Crippen LogP contribution in [-0.4, -0.2) is 27.9 Å². The van der Waals surface area contributed by atoms with Gasteiger partial charge in [0, 0.05) is 36.5 Å². The van der Waals surface area contributed by atoms with Gasteiger partial charge in [0.25, 0.3) is 0 Å². The van der Waals surface area contributed by atoms with Crippen LogP contribution in [0.1, 0.15) is 48.1 Å². The number of benzene rings is 2. The van der Waals surface area contributed by atoms with Crippen LogP contribution < -0.4 is 14.8 Å². The maximum Gasteiger partial charge on any atom is 0.308 e. The quantitative estimate of drug-likeness (QED) is 0.444. The number of fused-ring (bicyclic) bond motifs is 2. The van der Waals surface area contributed by atoms with Crippen LogP contribution in [0.5, 0.6) is 11.5 Å². The Morgan fingerprint density at radius 3 is 2.79 bits per heavy atom. The summed E-state index contributed by atoms with van der Waals surface area (Å²) in [5.74, 6) is 1.30. The second-order valence-electron chi connectivity index (χ2n) is 9.57. The normalized spacial score (nSPS) is 18.8. The SMILES string of the molecule is CC(=O)Oc1c(C)c(C)c2c(c1C)CCC(C)(Cn1ccc(-c3cccc4c3NCC4)n1)O2. The van der Waals surface area contributed by atoms with E-state index >= 15 is 0 Å². The van der Waals surface area contributed by atoms with Crippen molar-refractivity contribution in [2.24, 2.45) is 0 Å². The molecule has 0 amide bonds. The lowest BCUT2D eigenvalue weighted by atomic mass is 9.87. The minimum Gasteiger partial charge on any atom is -0.485 e. The average molecular weight is 446 g/mol. The number of anilines is 1. The fraction of sp³-hybridized carbons (Fsp3) is 0.407. The highest BCUT2D eigenvalue weighted by molar-refractivity contribution is 5.79. The predicted octanol–water partition coefficient (Wildman–Crippen LogP) is 5.15. The molecule has 0 saturated carbocycles. The molecule has 0 spiro atoms. The number of ether oxygens (including phenoxy) is 2. The molecule has 2 aliphatic heterocycles. The number of esters is 1. The smallest absolute Gasteiger partial charge is 0.308 e. The fourth-order valence-corrected chi connectivity index (χ4v) is 5.18. The second-order valence-corrected chi connectivity index (χ2v) is 9.57. The van der Waals surface area contributed by atoms with Crippen molar-refractivity contribution < 1.29 is 14.3 Å². The number of aromatic nitrogens is 2. The first kappa shape index (κ1) is 21.6. The Labute approximate surface area is 194 Å². The largest absolute Gasteiger partial charge is 0.485 e. The van der Waals surface area contributed by atoms with Crippen LogP contribution in [0.2, 0.25) is 0 Å². The van der Waals surface area contributed by atoms with Crippen molar-refractivity contribution in [1.29, 1.82) is 0 Å². The van der Waals surface area contributed by atoms with E-state index < -0.39 is 0 Å². The third-order valence-corrected chi connectivity index (χ3v) is 7.07. The van der Waals surface area contributed by atoms with Crippen molar-refractivity contribution in [3.8, 4) is 22.8 Å². The minimum absolute atomic E-state index is 0.295. The van der Waals surface area contributed by atoms with Gasteiger partial charge in [-0.05, 0) is 75.3 Å². The molecule has 172 valence electrons. The molecule has 0 bridgehead atoms. The molecule has 1 unspecified atom stereocenters. The number of nitrogens with zero attached hydrogens (tertiary/aromatic N) is 2. The molecule has 0 fully saturated rings. The molecule has 2 aliphatic rings. The van der Waals surface area contributed by atoms with Crippen LogP contribution in [-0.2, 0) is 24.2 Å². The van der Waals surface area contributed by atoms with Crippen molar-refractivity contribution in [2.75, 3.05) is 11.9 Å². The molecule has 1 atom stereocenters. The van der Waals surface area contributed by atoms with E-state index in [-0.39, 0.29) is 11.6 Å². The first-order chi connectivity index (χ1) is 15.8. The Morgan fingerprint density at radius 1 is 1.18 bits per heavy atom. The summed E-state index contributed by atoms with van der Waals surface area (Å²) in [6.45, 7) is 11.3. The van der Waals surface area contributed by atoms with E-state index in [1.807, 2.05) is 31.6 Å². The van der Waals surface area contributed by atoms with Crippen LogP contribution in [0.25, 0.3) is 11.3 Å². The lowest BCUT2D eigenvalue weighted by Gasteiger charge is -2.38. The van der Waals surface area contributed by atoms with Gasteiger partial charge in [-0.3, -0.25) is 9.48 Å². The number of carbonyl (C=O) groups excluding carboxylic acids is 1. The summed E-state index contributed by atoms with van der Waals surface area (Å²) in [5.41, 5.74) is 8.45. The van der Waals surface area contributed by atoms with Gasteiger partial charge in [0.2, 0.25) is 0 Å². The minimum atomic E-state index is -0.375. The summed E-state index contributed by atoms with van der Waals surface area (Å²) >= 11 is 0. The number of rotatable bonds is 4. The average Bonchev–Trinajstić information content (AvgIpc) is 3.44. The number of nitrogens with one attached hydrogen (secondary N) is 1. The number of hydrogen-bond donors (Lipinski definition) is 1. The van der Waals surface area contributed by atoms with Gasteiger partial charge < -0.3 is 14.8 Å². The Balaban J connectivity index is 1.41. The summed E-state index contributed by atoms with van der Waals surface area (Å²) in [6, 6.07) is 8.51. The lowest BCUT2D eigenvalue weighted by molar-refractivity contribution is -0.132. The number of hydrogen-bond acceptors (Lipinski definition) is 5. The van der Waals surface area contributed by atoms with E-state index in [4.69, 9.17) is 14.6 Å². The first-order valence-electron chi connectivity index (χ1n) is 11.7. The first-order valence-corrected chi connectivity index (χ1v) is 11.7. The highest BCUT2D eigenvalue weighted by Crippen LogP contribution is 2.44. The Bertz CT molecular complexity index is 1260. The molecule has 1 aromatic heterocycles. The summed E-state index contributed by atoms with van der Waals surface area (Å²) in [6.07, 6.45) is 4.84. The molecule has 0 saturated heterocycles. The van der Waals surface area contributed by atoms with E-state index in [1.54, 1.807) is 0 Å². The van der Waals surface area contributed by atoms with E-state index in [2.05, 4.69) is 36.5 Å². The van der Waals surface area contributed by atoms with E-state index in [0.29, 0.717) is 12.3 Å². The number of para-hydroxylation sites is 1. The predicted molar refractivity (Wildman–Crippen MR) is 129 cm³/mol. The van der Waals surface area contributed by atoms with Crippen LogP contribution in [0, 0.1) is 20.8 Å². The van der Waals surface area contributed by atoms with Gasteiger partial charge in [-0.1, -0.05) is 18.2 Å². The standard InChI is InChI=1S/C27H31N3O3/c1-16-17(2)26-21(18(3)25(16)32-19(4)31)9-12-27(5,33-26)15-30-14-11-23(29-30)22-8-6-7-20-10-13-28-24(20)22/h6-8,11,14,28H,9-10,12-13,15H2,1-5H3. The molecule has 5 rings (SSSR count). The van der Waals surface area contributed by atoms with Crippen LogP contribution in [0.4, 0.5) is 5.69 Å². The molecule has 0 radical (unpaired) electrons. The molecule has 1 N–H and O–H groups in total. The van der Waals surface area contributed by atoms with Gasteiger partial charge in [0.1, 0.15) is 17.1 Å². The van der Waals surface area contributed by atoms with E-state index in [9.17, 15) is 4.79 Å². The maximum atomic E-state index is 11.6. The van der Waals surface area contributed by atoms with Crippen molar-refractivity contribution in [3.05, 3.63) is 58.3 Å². The molecule has 3 aromatic rings. The van der Waals surface area contributed by atoms with Gasteiger partial charge in [0.05, 0.1) is 12.2 Å². The molecule has 33 heavy (non-hydrogen) atoms. The topological polar surface area (TPSA) is 65.4 Å². The van der Waals surface area contributed by atoms with Gasteiger partial charge in [0.15, 0.2) is 0 Å². The fourth-order valence-electron chi connectivity index (χ4n) is 5.18. The van der Waals surface area contributed by atoms with E-state index in [0.717, 1.165) is 65.1 Å². The van der Waals surface area contributed by atoms with Crippen LogP contribution in [0.15, 0.2) is 30.5 Å². The van der Waals surface area contributed by atoms with Gasteiger partial charge >= 0.3 is 5.97 Å². The molecule has 3 heterocycles. The summed E-state index contributed by atoms with van der Waals surface area (Å²) in [5, 5.41) is 8.40. The summed E-state index contributed by atoms with van der Waals surface area (Å²) < 4.78 is 14.2. The zero-order valence-electron chi connectivity index (χ0n) is 20.0. The summed E-state index contributed by atoms with van der Waals surface area (Å²) in [7, 11) is 0. The van der Waals surface area contributed by atoms with Gasteiger partial charge in [-0.25, -0.2) is 0 Å². The maximum absolute atomic E-state index is 11.6. The third kappa shape index (κ3) is 3.77. The number of carbonyl (C=O) groups is 1. The monoisotopic (exact) mass is 445 g/mol. The Hall–Kier alpha value is -3.28. The summed E-state index contributed by atoms with van der Waals surface area (Å²) in [4.78, 5) is 11.6. The van der Waals surface area contributed by atoms with Gasteiger partial charge in [-0.15, -0.1) is 0 Å². The van der Waals surface area contributed by atoms with Crippen LogP contribution in [0.3, 0.4) is 0 Å². The van der Waals surface area contributed by atoms with Crippen molar-refractivity contribution in [3.63, 3.8) is 0 Å². The second kappa shape index (κ2) is 7.94. The Kier molecular flexibility index (Phi) is 5.19. The highest BCUT2D eigenvalue weighted by Gasteiger charge is 2.35.